The van der Waals surface area contributed by atoms with E-state index < -0.39 is 36.0 Å². The molecule has 2 bridgehead atoms. The third kappa shape index (κ3) is 1.91. The fourth-order valence-corrected chi connectivity index (χ4v) is 4.15. The van der Waals surface area contributed by atoms with Gasteiger partial charge in [-0.2, -0.15) is 0 Å². The van der Waals surface area contributed by atoms with E-state index in [9.17, 15) is 14.4 Å². The number of likely N-dealkylation sites (tertiary alicyclic amines) is 1. The zero-order chi connectivity index (χ0) is 17.0. The van der Waals surface area contributed by atoms with Crippen LogP contribution in [-0.4, -0.2) is 61.3 Å². The maximum Gasteiger partial charge on any atom is 0.312 e. The van der Waals surface area contributed by atoms with E-state index in [0.717, 1.165) is 0 Å². The van der Waals surface area contributed by atoms with E-state index in [1.54, 1.807) is 29.2 Å². The lowest BCUT2D eigenvalue weighted by Gasteiger charge is -2.21. The van der Waals surface area contributed by atoms with Crippen LogP contribution in [-0.2, 0) is 23.8 Å². The monoisotopic (exact) mass is 331 g/mol. The number of fused-ring (bicyclic) bond motifs is 5. The molecule has 3 aliphatic heterocycles. The SMILES string of the molecule is COC(=O)[C@@H]1[C@@H]2O[C@H]([C@@H]1C(=O)OC)[C@@H]1[C@H]2N1C(=O)c1ccccc1. The van der Waals surface area contributed by atoms with Crippen LogP contribution in [0.25, 0.3) is 0 Å². The Labute approximate surface area is 138 Å². The molecule has 0 N–H and O–H groups in total. The standard InChI is InChI=1S/C17H17NO6/c1-22-16(20)9-10(17(21)23-2)14-12-11(13(9)24-14)18(12)15(19)8-6-4-3-5-7-8/h3-7,9-14H,1-2H3/t9-,10+,11+,12-,13-,14+,18?. The minimum absolute atomic E-state index is 0.113. The number of rotatable bonds is 3. The Balaban J connectivity index is 1.61. The Morgan fingerprint density at radius 3 is 1.88 bits per heavy atom. The molecule has 1 aromatic rings. The van der Waals surface area contributed by atoms with E-state index >= 15 is 0 Å². The summed E-state index contributed by atoms with van der Waals surface area (Å²) in [5.41, 5.74) is 0.579. The summed E-state index contributed by atoms with van der Waals surface area (Å²) < 4.78 is 15.5. The van der Waals surface area contributed by atoms with Gasteiger partial charge in [0.05, 0.1) is 38.5 Å². The van der Waals surface area contributed by atoms with Crippen molar-refractivity contribution in [1.82, 2.24) is 4.90 Å². The molecule has 3 aliphatic rings. The Morgan fingerprint density at radius 1 is 0.917 bits per heavy atom. The van der Waals surface area contributed by atoms with Crippen molar-refractivity contribution in [2.24, 2.45) is 11.8 Å². The molecule has 7 nitrogen and oxygen atoms in total. The molecular weight excluding hydrogens is 314 g/mol. The Hall–Kier alpha value is -2.41. The number of esters is 2. The summed E-state index contributed by atoms with van der Waals surface area (Å²) in [5, 5.41) is 0. The highest BCUT2D eigenvalue weighted by atomic mass is 16.6. The third-order valence-corrected chi connectivity index (χ3v) is 5.19. The number of morpholine rings is 1. The van der Waals surface area contributed by atoms with Crippen LogP contribution < -0.4 is 0 Å². The van der Waals surface area contributed by atoms with E-state index in [2.05, 4.69) is 0 Å². The second kappa shape index (κ2) is 5.31. The minimum Gasteiger partial charge on any atom is -0.469 e. The molecule has 0 saturated carbocycles. The summed E-state index contributed by atoms with van der Waals surface area (Å²) in [6, 6.07) is 8.55. The summed E-state index contributed by atoms with van der Waals surface area (Å²) in [4.78, 5) is 38.6. The van der Waals surface area contributed by atoms with Gasteiger partial charge in [0.2, 0.25) is 0 Å². The maximum atomic E-state index is 12.7. The number of hydrogen-bond acceptors (Lipinski definition) is 6. The zero-order valence-electron chi connectivity index (χ0n) is 13.2. The molecule has 1 amide bonds. The third-order valence-electron chi connectivity index (χ3n) is 5.19. The summed E-state index contributed by atoms with van der Waals surface area (Å²) in [6.07, 6.45) is -1.05. The quantitative estimate of drug-likeness (QED) is 0.583. The Bertz CT molecular complexity index is 670. The molecule has 4 rings (SSSR count). The van der Waals surface area contributed by atoms with Gasteiger partial charge < -0.3 is 19.1 Å². The van der Waals surface area contributed by atoms with Gasteiger partial charge in [-0.25, -0.2) is 0 Å². The van der Waals surface area contributed by atoms with Crippen molar-refractivity contribution in [1.29, 1.82) is 0 Å². The minimum atomic E-state index is -0.734. The van der Waals surface area contributed by atoms with Crippen molar-refractivity contribution in [3.63, 3.8) is 0 Å². The van der Waals surface area contributed by atoms with Gasteiger partial charge in [0.25, 0.3) is 5.91 Å². The average Bonchev–Trinajstić information content (AvgIpc) is 3.11. The topological polar surface area (TPSA) is 81.9 Å². The lowest BCUT2D eigenvalue weighted by molar-refractivity contribution is -0.157. The second-order valence-corrected chi connectivity index (χ2v) is 6.22. The summed E-state index contributed by atoms with van der Waals surface area (Å²) in [6.45, 7) is 0. The highest BCUT2D eigenvalue weighted by molar-refractivity contribution is 5.97. The van der Waals surface area contributed by atoms with Gasteiger partial charge in [0.15, 0.2) is 0 Å². The highest BCUT2D eigenvalue weighted by Gasteiger charge is 2.76. The molecule has 3 fully saturated rings. The number of ether oxygens (including phenoxy) is 3. The van der Waals surface area contributed by atoms with Gasteiger partial charge >= 0.3 is 11.9 Å². The lowest BCUT2D eigenvalue weighted by Crippen LogP contribution is -2.42. The van der Waals surface area contributed by atoms with Gasteiger partial charge in [0.1, 0.15) is 11.8 Å². The van der Waals surface area contributed by atoms with Gasteiger partial charge in [0, 0.05) is 5.56 Å². The summed E-state index contributed by atoms with van der Waals surface area (Å²) in [5.74, 6) is -2.59. The Morgan fingerprint density at radius 2 is 1.42 bits per heavy atom. The molecule has 0 unspecified atom stereocenters. The lowest BCUT2D eigenvalue weighted by atomic mass is 9.79. The van der Waals surface area contributed by atoms with Gasteiger partial charge in [-0.3, -0.25) is 14.4 Å². The Kier molecular flexibility index (Phi) is 3.35. The molecule has 1 aromatic carbocycles. The zero-order valence-corrected chi connectivity index (χ0v) is 13.2. The van der Waals surface area contributed by atoms with Crippen LogP contribution in [0, 0.1) is 11.8 Å². The van der Waals surface area contributed by atoms with Crippen molar-refractivity contribution in [2.75, 3.05) is 14.2 Å². The van der Waals surface area contributed by atoms with Crippen LogP contribution in [0.1, 0.15) is 10.4 Å². The van der Waals surface area contributed by atoms with Crippen LogP contribution in [0.3, 0.4) is 0 Å². The molecule has 0 spiro atoms. The smallest absolute Gasteiger partial charge is 0.312 e. The molecule has 0 radical (unpaired) electrons. The molecule has 24 heavy (non-hydrogen) atoms. The normalized spacial score (nSPS) is 35.3. The predicted molar refractivity (Wildman–Crippen MR) is 79.9 cm³/mol. The van der Waals surface area contributed by atoms with Crippen LogP contribution in [0.2, 0.25) is 0 Å². The van der Waals surface area contributed by atoms with Gasteiger partial charge in [-0.15, -0.1) is 0 Å². The van der Waals surface area contributed by atoms with Crippen LogP contribution in [0.4, 0.5) is 0 Å². The first-order valence-corrected chi connectivity index (χ1v) is 7.79. The predicted octanol–water partition coefficient (Wildman–Crippen LogP) is 0.239. The highest BCUT2D eigenvalue weighted by Crippen LogP contribution is 2.56. The number of carbonyl (C=O) groups excluding carboxylic acids is 3. The maximum absolute atomic E-state index is 12.7. The largest absolute Gasteiger partial charge is 0.469 e. The average molecular weight is 331 g/mol. The number of amides is 1. The summed E-state index contributed by atoms with van der Waals surface area (Å²) >= 11 is 0. The van der Waals surface area contributed by atoms with Crippen LogP contribution >= 0.6 is 0 Å². The first-order valence-electron chi connectivity index (χ1n) is 7.79. The van der Waals surface area contributed by atoms with E-state index in [-0.39, 0.29) is 18.0 Å². The van der Waals surface area contributed by atoms with E-state index in [4.69, 9.17) is 14.2 Å². The second-order valence-electron chi connectivity index (χ2n) is 6.22. The molecule has 0 aliphatic carbocycles. The van der Waals surface area contributed by atoms with Crippen molar-refractivity contribution >= 4 is 17.8 Å². The fraction of sp³-hybridized carbons (Fsp3) is 0.471. The van der Waals surface area contributed by atoms with Crippen molar-refractivity contribution in [3.8, 4) is 0 Å². The molecule has 7 heteroatoms. The van der Waals surface area contributed by atoms with E-state index in [0.29, 0.717) is 5.56 Å². The molecule has 0 aromatic heterocycles. The fourth-order valence-electron chi connectivity index (χ4n) is 4.15. The van der Waals surface area contributed by atoms with Gasteiger partial charge in [-0.05, 0) is 12.1 Å². The van der Waals surface area contributed by atoms with Gasteiger partial charge in [-0.1, -0.05) is 18.2 Å². The first-order chi connectivity index (χ1) is 11.6. The first kappa shape index (κ1) is 15.1. The van der Waals surface area contributed by atoms with E-state index in [1.165, 1.54) is 14.2 Å². The van der Waals surface area contributed by atoms with Crippen LogP contribution in [0.5, 0.6) is 0 Å². The van der Waals surface area contributed by atoms with Crippen molar-refractivity contribution < 1.29 is 28.6 Å². The van der Waals surface area contributed by atoms with Crippen molar-refractivity contribution in [3.05, 3.63) is 35.9 Å². The molecule has 126 valence electrons. The number of nitrogens with zero attached hydrogens (tertiary/aromatic N) is 1. The molecular formula is C17H17NO6. The van der Waals surface area contributed by atoms with Crippen LogP contribution in [0.15, 0.2) is 30.3 Å². The number of hydrogen-bond donors (Lipinski definition) is 0. The number of benzene rings is 1. The summed E-state index contributed by atoms with van der Waals surface area (Å²) in [7, 11) is 2.56. The number of carbonyl (C=O) groups is 3. The molecule has 3 heterocycles. The molecule has 3 saturated heterocycles. The molecule has 6 atom stereocenters. The van der Waals surface area contributed by atoms with Crippen molar-refractivity contribution in [2.45, 2.75) is 24.3 Å². The van der Waals surface area contributed by atoms with E-state index in [1.807, 2.05) is 6.07 Å². The number of methoxy groups -OCH3 is 2.